The molecule has 0 saturated heterocycles. The lowest BCUT2D eigenvalue weighted by atomic mass is 10.1. The summed E-state index contributed by atoms with van der Waals surface area (Å²) in [6, 6.07) is 7.23. The fourth-order valence-electron chi connectivity index (χ4n) is 1.23. The molecule has 0 spiro atoms. The highest BCUT2D eigenvalue weighted by Gasteiger charge is 2.19. The van der Waals surface area contributed by atoms with Gasteiger partial charge in [0.1, 0.15) is 5.60 Å². The molecule has 0 aliphatic carbocycles. The molecule has 1 rings (SSSR count). The summed E-state index contributed by atoms with van der Waals surface area (Å²) in [6.45, 7) is 5.87. The van der Waals surface area contributed by atoms with Crippen LogP contribution in [-0.4, -0.2) is 11.6 Å². The van der Waals surface area contributed by atoms with Crippen molar-refractivity contribution in [1.82, 2.24) is 0 Å². The molecule has 0 aromatic heterocycles. The van der Waals surface area contributed by atoms with Crippen LogP contribution in [-0.2, 0) is 11.3 Å². The molecule has 0 fully saturated rings. The van der Waals surface area contributed by atoms with Crippen molar-refractivity contribution in [1.29, 1.82) is 0 Å². The zero-order valence-corrected chi connectivity index (χ0v) is 10.6. The summed E-state index contributed by atoms with van der Waals surface area (Å²) in [6.07, 6.45) is 0. The predicted molar refractivity (Wildman–Crippen MR) is 66.7 cm³/mol. The van der Waals surface area contributed by atoms with Crippen molar-refractivity contribution in [2.75, 3.05) is 0 Å². The lowest BCUT2D eigenvalue weighted by molar-refractivity contribution is 0.00684. The van der Waals surface area contributed by atoms with Gasteiger partial charge in [-0.2, -0.15) is 0 Å². The van der Waals surface area contributed by atoms with Crippen molar-refractivity contribution >= 4 is 18.4 Å². The summed E-state index contributed by atoms with van der Waals surface area (Å²) >= 11 is 0. The third-order valence-corrected chi connectivity index (χ3v) is 1.86. The number of carbonyl (C=O) groups excluding carboxylic acids is 1. The van der Waals surface area contributed by atoms with Crippen LogP contribution in [0.2, 0.25) is 0 Å². The smallest absolute Gasteiger partial charge is 0.338 e. The molecule has 0 atom stereocenters. The standard InChI is InChI=1S/C12H17NO2.ClH/c1-12(2,3)15-11(14)10-7-5-4-6-9(10)8-13;/h4-7H,8,13H2,1-3H3;1H. The third-order valence-electron chi connectivity index (χ3n) is 1.86. The molecule has 2 N–H and O–H groups in total. The molecular formula is C12H18ClNO2. The first kappa shape index (κ1) is 14.9. The zero-order chi connectivity index (χ0) is 11.5. The van der Waals surface area contributed by atoms with Crippen LogP contribution in [0.15, 0.2) is 24.3 Å². The molecule has 4 heteroatoms. The maximum atomic E-state index is 11.8. The van der Waals surface area contributed by atoms with Crippen molar-refractivity contribution in [3.8, 4) is 0 Å². The maximum absolute atomic E-state index is 11.8. The summed E-state index contributed by atoms with van der Waals surface area (Å²) in [5.74, 6) is -0.316. The largest absolute Gasteiger partial charge is 0.456 e. The van der Waals surface area contributed by atoms with Crippen LogP contribution in [0.1, 0.15) is 36.7 Å². The Bertz CT molecular complexity index is 358. The van der Waals surface area contributed by atoms with E-state index < -0.39 is 5.60 Å². The molecule has 0 aliphatic heterocycles. The van der Waals surface area contributed by atoms with Gasteiger partial charge in [0.25, 0.3) is 0 Å². The van der Waals surface area contributed by atoms with Gasteiger partial charge in [-0.3, -0.25) is 0 Å². The van der Waals surface area contributed by atoms with Gasteiger partial charge in [-0.25, -0.2) is 4.79 Å². The number of halogens is 1. The Kier molecular flexibility index (Phi) is 5.48. The van der Waals surface area contributed by atoms with Gasteiger partial charge >= 0.3 is 5.97 Å². The quantitative estimate of drug-likeness (QED) is 0.812. The van der Waals surface area contributed by atoms with E-state index in [1.165, 1.54) is 0 Å². The van der Waals surface area contributed by atoms with Gasteiger partial charge in [0.05, 0.1) is 5.56 Å². The Morgan fingerprint density at radius 3 is 2.38 bits per heavy atom. The number of hydrogen-bond donors (Lipinski definition) is 1. The molecule has 0 unspecified atom stereocenters. The molecule has 1 aromatic rings. The minimum absolute atomic E-state index is 0. The van der Waals surface area contributed by atoms with Crippen molar-refractivity contribution in [2.45, 2.75) is 32.9 Å². The van der Waals surface area contributed by atoms with Crippen molar-refractivity contribution in [3.05, 3.63) is 35.4 Å². The maximum Gasteiger partial charge on any atom is 0.338 e. The predicted octanol–water partition coefficient (Wildman–Crippen LogP) is 2.52. The minimum Gasteiger partial charge on any atom is -0.456 e. The molecule has 0 amide bonds. The number of rotatable bonds is 2. The van der Waals surface area contributed by atoms with Gasteiger partial charge in [0.2, 0.25) is 0 Å². The topological polar surface area (TPSA) is 52.3 Å². The highest BCUT2D eigenvalue weighted by Crippen LogP contribution is 2.15. The summed E-state index contributed by atoms with van der Waals surface area (Å²) < 4.78 is 5.27. The van der Waals surface area contributed by atoms with Crippen LogP contribution in [0.4, 0.5) is 0 Å². The lowest BCUT2D eigenvalue weighted by Crippen LogP contribution is -2.24. The van der Waals surface area contributed by atoms with Crippen molar-refractivity contribution < 1.29 is 9.53 Å². The summed E-state index contributed by atoms with van der Waals surface area (Å²) in [5.41, 5.74) is 6.43. The molecule has 0 radical (unpaired) electrons. The van der Waals surface area contributed by atoms with Crippen LogP contribution < -0.4 is 5.73 Å². The molecule has 0 heterocycles. The van der Waals surface area contributed by atoms with Gasteiger partial charge in [0.15, 0.2) is 0 Å². The zero-order valence-electron chi connectivity index (χ0n) is 9.82. The first-order chi connectivity index (χ1) is 6.94. The number of ether oxygens (including phenoxy) is 1. The Labute approximate surface area is 102 Å². The number of nitrogens with two attached hydrogens (primary N) is 1. The van der Waals surface area contributed by atoms with E-state index >= 15 is 0 Å². The molecule has 0 saturated carbocycles. The normalized spacial score (nSPS) is 10.5. The van der Waals surface area contributed by atoms with Gasteiger partial charge < -0.3 is 10.5 Å². The van der Waals surface area contributed by atoms with Crippen molar-refractivity contribution in [2.24, 2.45) is 5.73 Å². The van der Waals surface area contributed by atoms with E-state index in [9.17, 15) is 4.79 Å². The monoisotopic (exact) mass is 243 g/mol. The highest BCUT2D eigenvalue weighted by atomic mass is 35.5. The van der Waals surface area contributed by atoms with Gasteiger partial charge in [-0.1, -0.05) is 18.2 Å². The Balaban J connectivity index is 0.00000225. The molecule has 90 valence electrons. The number of esters is 1. The van der Waals surface area contributed by atoms with Crippen LogP contribution in [0.3, 0.4) is 0 Å². The van der Waals surface area contributed by atoms with E-state index in [1.54, 1.807) is 12.1 Å². The first-order valence-corrected chi connectivity index (χ1v) is 4.95. The fraction of sp³-hybridized carbons (Fsp3) is 0.417. The van der Waals surface area contributed by atoms with E-state index in [-0.39, 0.29) is 18.4 Å². The Morgan fingerprint density at radius 1 is 1.31 bits per heavy atom. The van der Waals surface area contributed by atoms with Gasteiger partial charge in [-0.05, 0) is 32.4 Å². The second-order valence-electron chi connectivity index (χ2n) is 4.36. The van der Waals surface area contributed by atoms with Crippen LogP contribution in [0.25, 0.3) is 0 Å². The molecule has 1 aromatic carbocycles. The SMILES string of the molecule is CC(C)(C)OC(=O)c1ccccc1CN.Cl. The fourth-order valence-corrected chi connectivity index (χ4v) is 1.23. The molecule has 0 aliphatic rings. The minimum atomic E-state index is -0.473. The van der Waals surface area contributed by atoms with Gasteiger partial charge in [-0.15, -0.1) is 12.4 Å². The number of benzene rings is 1. The van der Waals surface area contributed by atoms with E-state index in [1.807, 2.05) is 32.9 Å². The second-order valence-corrected chi connectivity index (χ2v) is 4.36. The third kappa shape index (κ3) is 4.21. The summed E-state index contributed by atoms with van der Waals surface area (Å²) in [5, 5.41) is 0. The van der Waals surface area contributed by atoms with Crippen LogP contribution in [0.5, 0.6) is 0 Å². The average Bonchev–Trinajstić information content (AvgIpc) is 2.15. The Hall–Kier alpha value is -1.06. The summed E-state index contributed by atoms with van der Waals surface area (Å²) in [7, 11) is 0. The molecule has 0 bridgehead atoms. The van der Waals surface area contributed by atoms with Crippen LogP contribution >= 0.6 is 12.4 Å². The Morgan fingerprint density at radius 2 is 1.88 bits per heavy atom. The van der Waals surface area contributed by atoms with Crippen LogP contribution in [0, 0.1) is 0 Å². The average molecular weight is 244 g/mol. The number of carbonyl (C=O) groups is 1. The second kappa shape index (κ2) is 5.87. The highest BCUT2D eigenvalue weighted by molar-refractivity contribution is 5.91. The molecule has 3 nitrogen and oxygen atoms in total. The van der Waals surface area contributed by atoms with Crippen molar-refractivity contribution in [3.63, 3.8) is 0 Å². The van der Waals surface area contributed by atoms with E-state index in [0.717, 1.165) is 5.56 Å². The number of hydrogen-bond acceptors (Lipinski definition) is 3. The molecular weight excluding hydrogens is 226 g/mol. The van der Waals surface area contributed by atoms with E-state index in [0.29, 0.717) is 12.1 Å². The summed E-state index contributed by atoms with van der Waals surface area (Å²) in [4.78, 5) is 11.8. The van der Waals surface area contributed by atoms with E-state index in [2.05, 4.69) is 0 Å². The van der Waals surface area contributed by atoms with Gasteiger partial charge in [0, 0.05) is 6.54 Å². The first-order valence-electron chi connectivity index (χ1n) is 4.95. The lowest BCUT2D eigenvalue weighted by Gasteiger charge is -2.20. The molecule has 16 heavy (non-hydrogen) atoms. The van der Waals surface area contributed by atoms with E-state index in [4.69, 9.17) is 10.5 Å².